The topological polar surface area (TPSA) is 38.9 Å². The third-order valence-electron chi connectivity index (χ3n) is 1.09. The number of pyridine rings is 1. The zero-order chi connectivity index (χ0) is 6.85. The van der Waals surface area contributed by atoms with Gasteiger partial charge in [-0.1, -0.05) is 0 Å². The van der Waals surface area contributed by atoms with Gasteiger partial charge in [0.2, 0.25) is 0 Å². The van der Waals surface area contributed by atoms with Gasteiger partial charge in [-0.25, -0.2) is 9.37 Å². The van der Waals surface area contributed by atoms with Crippen LogP contribution < -0.4 is 5.73 Å². The van der Waals surface area contributed by atoms with Crippen LogP contribution in [0.25, 0.3) is 0 Å². The number of hydrogen-bond donors (Lipinski definition) is 1. The monoisotopic (exact) mass is 126 g/mol. The highest BCUT2D eigenvalue weighted by Crippen LogP contribution is 2.06. The molecule has 0 aromatic carbocycles. The Balaban J connectivity index is 3.17. The summed E-state index contributed by atoms with van der Waals surface area (Å²) < 4.78 is 12.2. The van der Waals surface area contributed by atoms with Crippen molar-refractivity contribution in [2.75, 3.05) is 5.73 Å². The maximum Gasteiger partial charge on any atom is 0.141 e. The normalized spacial score (nSPS) is 9.56. The van der Waals surface area contributed by atoms with E-state index < -0.39 is 0 Å². The molecule has 0 bridgehead atoms. The van der Waals surface area contributed by atoms with Crippen LogP contribution in [0.2, 0.25) is 0 Å². The van der Waals surface area contributed by atoms with Gasteiger partial charge in [0, 0.05) is 0 Å². The lowest BCUT2D eigenvalue weighted by Gasteiger charge is -1.95. The van der Waals surface area contributed by atoms with Crippen LogP contribution in [0.4, 0.5) is 10.2 Å². The van der Waals surface area contributed by atoms with Crippen molar-refractivity contribution in [3.05, 3.63) is 23.6 Å². The second-order valence-corrected chi connectivity index (χ2v) is 1.86. The van der Waals surface area contributed by atoms with Crippen molar-refractivity contribution in [3.8, 4) is 0 Å². The number of nitrogens with two attached hydrogens (primary N) is 1. The molecule has 48 valence electrons. The highest BCUT2D eigenvalue weighted by atomic mass is 19.1. The molecule has 0 aliphatic carbocycles. The largest absolute Gasteiger partial charge is 0.383 e. The Morgan fingerprint density at radius 2 is 2.33 bits per heavy atom. The Morgan fingerprint density at radius 3 is 2.78 bits per heavy atom. The molecular weight excluding hydrogens is 119 g/mol. The van der Waals surface area contributed by atoms with Crippen LogP contribution in [0, 0.1) is 12.7 Å². The summed E-state index contributed by atoms with van der Waals surface area (Å²) in [5.41, 5.74) is 5.99. The summed E-state index contributed by atoms with van der Waals surface area (Å²) in [4.78, 5) is 3.58. The van der Waals surface area contributed by atoms with E-state index in [1.54, 1.807) is 6.92 Å². The maximum absolute atomic E-state index is 12.2. The van der Waals surface area contributed by atoms with E-state index in [1.807, 2.05) is 0 Å². The van der Waals surface area contributed by atoms with E-state index >= 15 is 0 Å². The molecule has 3 heteroatoms. The van der Waals surface area contributed by atoms with Gasteiger partial charge in [-0.2, -0.15) is 0 Å². The van der Waals surface area contributed by atoms with Crippen molar-refractivity contribution in [1.29, 1.82) is 0 Å². The zero-order valence-corrected chi connectivity index (χ0v) is 5.06. The third kappa shape index (κ3) is 1.16. The van der Waals surface area contributed by atoms with Gasteiger partial charge >= 0.3 is 0 Å². The van der Waals surface area contributed by atoms with Gasteiger partial charge in [0.15, 0.2) is 0 Å². The molecule has 0 aliphatic heterocycles. The molecule has 0 aliphatic rings. The van der Waals surface area contributed by atoms with Gasteiger partial charge in [0.05, 0.1) is 6.20 Å². The van der Waals surface area contributed by atoms with E-state index in [1.165, 1.54) is 6.07 Å². The van der Waals surface area contributed by atoms with Crippen LogP contribution in [-0.4, -0.2) is 4.98 Å². The summed E-state index contributed by atoms with van der Waals surface area (Å²) in [6, 6.07) is 1.35. The lowest BCUT2D eigenvalue weighted by molar-refractivity contribution is 0.620. The van der Waals surface area contributed by atoms with Gasteiger partial charge in [0.1, 0.15) is 11.6 Å². The smallest absolute Gasteiger partial charge is 0.141 e. The van der Waals surface area contributed by atoms with Crippen molar-refractivity contribution in [2.45, 2.75) is 6.92 Å². The Kier molecular flexibility index (Phi) is 1.34. The molecule has 2 nitrogen and oxygen atoms in total. The van der Waals surface area contributed by atoms with Gasteiger partial charge in [-0.05, 0) is 18.6 Å². The number of rotatable bonds is 0. The first kappa shape index (κ1) is 6.01. The average Bonchev–Trinajstić information content (AvgIpc) is 1.80. The van der Waals surface area contributed by atoms with Crippen molar-refractivity contribution < 1.29 is 4.39 Å². The molecule has 0 spiro atoms. The van der Waals surface area contributed by atoms with Crippen LogP contribution in [0.15, 0.2) is 12.3 Å². The van der Waals surface area contributed by atoms with Crippen LogP contribution >= 0.6 is 0 Å². The SMILES string of the molecule is Cc1cc(F)cnc1N. The molecule has 0 fully saturated rings. The number of nitrogen functional groups attached to an aromatic ring is 1. The predicted octanol–water partition coefficient (Wildman–Crippen LogP) is 1.11. The van der Waals surface area contributed by atoms with E-state index in [0.717, 1.165) is 6.20 Å². The van der Waals surface area contributed by atoms with Crippen molar-refractivity contribution >= 4 is 5.82 Å². The molecule has 0 amide bonds. The Labute approximate surface area is 52.5 Å². The van der Waals surface area contributed by atoms with E-state index in [4.69, 9.17) is 5.73 Å². The zero-order valence-electron chi connectivity index (χ0n) is 5.06. The molecule has 0 atom stereocenters. The van der Waals surface area contributed by atoms with Crippen molar-refractivity contribution in [3.63, 3.8) is 0 Å². The summed E-state index contributed by atoms with van der Waals surface area (Å²) in [6.07, 6.45) is 1.10. The molecule has 2 N–H and O–H groups in total. The fourth-order valence-electron chi connectivity index (χ4n) is 0.551. The predicted molar refractivity (Wildman–Crippen MR) is 33.3 cm³/mol. The minimum absolute atomic E-state index is 0.346. The summed E-state index contributed by atoms with van der Waals surface area (Å²) in [5, 5.41) is 0. The van der Waals surface area contributed by atoms with E-state index in [2.05, 4.69) is 4.98 Å². The summed E-state index contributed by atoms with van der Waals surface area (Å²) in [5.74, 6) is 0.0399. The van der Waals surface area contributed by atoms with Gasteiger partial charge in [-0.3, -0.25) is 0 Å². The average molecular weight is 126 g/mol. The molecule has 0 saturated heterocycles. The van der Waals surface area contributed by atoms with Gasteiger partial charge < -0.3 is 5.73 Å². The molecule has 1 aromatic heterocycles. The van der Waals surface area contributed by atoms with Gasteiger partial charge in [0.25, 0.3) is 0 Å². The highest BCUT2D eigenvalue weighted by molar-refractivity contribution is 5.37. The first-order valence-electron chi connectivity index (χ1n) is 2.58. The first-order valence-corrected chi connectivity index (χ1v) is 2.58. The Hall–Kier alpha value is -1.12. The van der Waals surface area contributed by atoms with E-state index in [9.17, 15) is 4.39 Å². The van der Waals surface area contributed by atoms with E-state index in [0.29, 0.717) is 11.4 Å². The maximum atomic E-state index is 12.2. The first-order chi connectivity index (χ1) is 4.20. The van der Waals surface area contributed by atoms with Gasteiger partial charge in [-0.15, -0.1) is 0 Å². The molecule has 0 saturated carbocycles. The minimum atomic E-state index is -0.346. The van der Waals surface area contributed by atoms with Crippen molar-refractivity contribution in [2.24, 2.45) is 0 Å². The molecule has 1 rings (SSSR count). The number of anilines is 1. The minimum Gasteiger partial charge on any atom is -0.383 e. The van der Waals surface area contributed by atoms with Crippen LogP contribution in [-0.2, 0) is 0 Å². The van der Waals surface area contributed by atoms with Crippen LogP contribution in [0.3, 0.4) is 0 Å². The molecule has 0 radical (unpaired) electrons. The summed E-state index contributed by atoms with van der Waals surface area (Å²) in [7, 11) is 0. The molecular formula is C6H7FN2. The Morgan fingerprint density at radius 1 is 1.67 bits per heavy atom. The molecule has 9 heavy (non-hydrogen) atoms. The Bertz CT molecular complexity index is 222. The fraction of sp³-hybridized carbons (Fsp3) is 0.167. The molecule has 1 aromatic rings. The summed E-state index contributed by atoms with van der Waals surface area (Å²) >= 11 is 0. The second-order valence-electron chi connectivity index (χ2n) is 1.86. The third-order valence-corrected chi connectivity index (χ3v) is 1.09. The number of aromatic nitrogens is 1. The number of aryl methyl sites for hydroxylation is 1. The van der Waals surface area contributed by atoms with E-state index in [-0.39, 0.29) is 5.82 Å². The van der Waals surface area contributed by atoms with Crippen LogP contribution in [0.1, 0.15) is 5.56 Å². The molecule has 0 unspecified atom stereocenters. The fourth-order valence-corrected chi connectivity index (χ4v) is 0.551. The number of halogens is 1. The quantitative estimate of drug-likeness (QED) is 0.565. The van der Waals surface area contributed by atoms with Crippen LogP contribution in [0.5, 0.6) is 0 Å². The van der Waals surface area contributed by atoms with Crippen molar-refractivity contribution in [1.82, 2.24) is 4.98 Å². The second kappa shape index (κ2) is 2.01. The summed E-state index contributed by atoms with van der Waals surface area (Å²) in [6.45, 7) is 1.71. The number of nitrogens with zero attached hydrogens (tertiary/aromatic N) is 1. The number of hydrogen-bond acceptors (Lipinski definition) is 2. The molecule has 1 heterocycles. The lowest BCUT2D eigenvalue weighted by atomic mass is 10.3. The lowest BCUT2D eigenvalue weighted by Crippen LogP contribution is -1.93. The highest BCUT2D eigenvalue weighted by Gasteiger charge is 1.94. The standard InChI is InChI=1S/C6H7FN2/c1-4-2-5(7)3-9-6(4)8/h2-3H,1H3,(H2,8,9).